The second-order valence-electron chi connectivity index (χ2n) is 5.03. The third-order valence-corrected chi connectivity index (χ3v) is 3.78. The minimum absolute atomic E-state index is 0.877. The van der Waals surface area contributed by atoms with E-state index in [1.54, 1.807) is 0 Å². The van der Waals surface area contributed by atoms with Crippen molar-refractivity contribution in [2.24, 2.45) is 0 Å². The molecular weight excluding hydrogens is 232 g/mol. The van der Waals surface area contributed by atoms with Gasteiger partial charge in [-0.2, -0.15) is 0 Å². The molecule has 2 aromatic carbocycles. The minimum atomic E-state index is 0.877. The van der Waals surface area contributed by atoms with E-state index in [1.807, 2.05) is 0 Å². The maximum Gasteiger partial charge on any atom is 0.0424 e. The van der Waals surface area contributed by atoms with Crippen molar-refractivity contribution in [3.05, 3.63) is 59.2 Å². The zero-order valence-electron chi connectivity index (χ0n) is 11.4. The summed E-state index contributed by atoms with van der Waals surface area (Å²) in [5.74, 6) is 0. The normalized spacial score (nSPS) is 12.9. The molecule has 1 aliphatic heterocycles. The zero-order valence-corrected chi connectivity index (χ0v) is 11.4. The highest BCUT2D eigenvalue weighted by molar-refractivity contribution is 5.62. The average Bonchev–Trinajstić information content (AvgIpc) is 2.94. The first-order valence-corrected chi connectivity index (χ1v) is 7.04. The van der Waals surface area contributed by atoms with E-state index in [1.165, 1.54) is 28.1 Å². The number of para-hydroxylation sites is 1. The molecule has 1 heterocycles. The molecule has 0 spiro atoms. The summed E-state index contributed by atoms with van der Waals surface area (Å²) in [6.45, 7) is 4.13. The molecule has 19 heavy (non-hydrogen) atoms. The van der Waals surface area contributed by atoms with Gasteiger partial charge in [0.2, 0.25) is 0 Å². The van der Waals surface area contributed by atoms with E-state index in [2.05, 4.69) is 60.0 Å². The summed E-state index contributed by atoms with van der Waals surface area (Å²) in [5.41, 5.74) is 6.70. The highest BCUT2D eigenvalue weighted by Crippen LogP contribution is 2.27. The van der Waals surface area contributed by atoms with Crippen molar-refractivity contribution in [1.82, 2.24) is 0 Å². The number of anilines is 2. The van der Waals surface area contributed by atoms with Gasteiger partial charge in [-0.05, 0) is 41.7 Å². The molecule has 0 radical (unpaired) electrons. The number of fused-ring (bicyclic) bond motifs is 1. The van der Waals surface area contributed by atoms with Crippen molar-refractivity contribution >= 4 is 11.4 Å². The van der Waals surface area contributed by atoms with Crippen LogP contribution in [0, 0.1) is 0 Å². The van der Waals surface area contributed by atoms with Gasteiger partial charge in [-0.15, -0.1) is 0 Å². The van der Waals surface area contributed by atoms with Crippen LogP contribution in [-0.2, 0) is 19.4 Å². The highest BCUT2D eigenvalue weighted by atomic mass is 14.9. The molecular formula is C17H20N2. The van der Waals surface area contributed by atoms with E-state index in [4.69, 9.17) is 0 Å². The van der Waals surface area contributed by atoms with Crippen molar-refractivity contribution < 1.29 is 0 Å². The molecule has 0 unspecified atom stereocenters. The SMILES string of the molecule is CCc1ccc(NCc2cccc3c2NCC3)cc1. The molecule has 0 saturated carbocycles. The fraction of sp³-hybridized carbons (Fsp3) is 0.294. The third-order valence-electron chi connectivity index (χ3n) is 3.78. The van der Waals surface area contributed by atoms with E-state index in [0.29, 0.717) is 0 Å². The zero-order chi connectivity index (χ0) is 13.1. The number of nitrogens with one attached hydrogen (secondary N) is 2. The summed E-state index contributed by atoms with van der Waals surface area (Å²) >= 11 is 0. The van der Waals surface area contributed by atoms with Gasteiger partial charge in [-0.25, -0.2) is 0 Å². The van der Waals surface area contributed by atoms with Crippen LogP contribution in [0.5, 0.6) is 0 Å². The summed E-state index contributed by atoms with van der Waals surface area (Å²) in [6.07, 6.45) is 2.24. The quantitative estimate of drug-likeness (QED) is 0.864. The van der Waals surface area contributed by atoms with Gasteiger partial charge in [0.1, 0.15) is 0 Å². The molecule has 0 atom stereocenters. The fourth-order valence-corrected chi connectivity index (χ4v) is 2.61. The Morgan fingerprint density at radius 3 is 2.74 bits per heavy atom. The summed E-state index contributed by atoms with van der Waals surface area (Å²) < 4.78 is 0. The number of hydrogen-bond donors (Lipinski definition) is 2. The lowest BCUT2D eigenvalue weighted by molar-refractivity contribution is 1.11. The largest absolute Gasteiger partial charge is 0.384 e. The van der Waals surface area contributed by atoms with E-state index < -0.39 is 0 Å². The molecule has 98 valence electrons. The van der Waals surface area contributed by atoms with E-state index in [0.717, 1.165) is 25.9 Å². The van der Waals surface area contributed by atoms with Crippen LogP contribution in [0.4, 0.5) is 11.4 Å². The molecule has 0 aromatic heterocycles. The first kappa shape index (κ1) is 12.1. The molecule has 2 heteroatoms. The Balaban J connectivity index is 1.70. The van der Waals surface area contributed by atoms with Gasteiger partial charge in [0.05, 0.1) is 0 Å². The van der Waals surface area contributed by atoms with Crippen molar-refractivity contribution in [3.8, 4) is 0 Å². The van der Waals surface area contributed by atoms with Crippen molar-refractivity contribution in [3.63, 3.8) is 0 Å². The smallest absolute Gasteiger partial charge is 0.0424 e. The maximum atomic E-state index is 3.50. The lowest BCUT2D eigenvalue weighted by atomic mass is 10.1. The van der Waals surface area contributed by atoms with Crippen molar-refractivity contribution in [1.29, 1.82) is 0 Å². The molecule has 2 N–H and O–H groups in total. The van der Waals surface area contributed by atoms with Crippen LogP contribution in [0.1, 0.15) is 23.6 Å². The Morgan fingerprint density at radius 1 is 1.11 bits per heavy atom. The molecule has 1 aliphatic rings. The van der Waals surface area contributed by atoms with Crippen molar-refractivity contribution in [2.75, 3.05) is 17.2 Å². The van der Waals surface area contributed by atoms with Gasteiger partial charge >= 0.3 is 0 Å². The number of aryl methyl sites for hydroxylation is 1. The molecule has 0 aliphatic carbocycles. The topological polar surface area (TPSA) is 24.1 Å². The van der Waals surface area contributed by atoms with Gasteiger partial charge in [-0.3, -0.25) is 0 Å². The third kappa shape index (κ3) is 2.58. The fourth-order valence-electron chi connectivity index (χ4n) is 2.61. The molecule has 0 bridgehead atoms. The molecule has 2 aromatic rings. The minimum Gasteiger partial charge on any atom is -0.384 e. The molecule has 0 saturated heterocycles. The van der Waals surface area contributed by atoms with E-state index in [-0.39, 0.29) is 0 Å². The van der Waals surface area contributed by atoms with Crippen LogP contribution in [-0.4, -0.2) is 6.54 Å². The predicted octanol–water partition coefficient (Wildman–Crippen LogP) is 3.83. The van der Waals surface area contributed by atoms with Crippen LogP contribution in [0.25, 0.3) is 0 Å². The maximum absolute atomic E-state index is 3.50. The van der Waals surface area contributed by atoms with Gasteiger partial charge in [-0.1, -0.05) is 37.3 Å². The summed E-state index contributed by atoms with van der Waals surface area (Å²) in [4.78, 5) is 0. The Morgan fingerprint density at radius 2 is 1.95 bits per heavy atom. The van der Waals surface area contributed by atoms with E-state index in [9.17, 15) is 0 Å². The van der Waals surface area contributed by atoms with Crippen LogP contribution in [0.2, 0.25) is 0 Å². The molecule has 3 rings (SSSR count). The first-order chi connectivity index (χ1) is 9.36. The van der Waals surface area contributed by atoms with Gasteiger partial charge < -0.3 is 10.6 Å². The molecule has 2 nitrogen and oxygen atoms in total. The predicted molar refractivity (Wildman–Crippen MR) is 81.8 cm³/mol. The molecule has 0 fully saturated rings. The Hall–Kier alpha value is -1.96. The standard InChI is InChI=1S/C17H20N2/c1-2-13-6-8-16(9-7-13)19-12-15-5-3-4-14-10-11-18-17(14)15/h3-9,18-19H,2,10-12H2,1H3. The Labute approximate surface area is 114 Å². The molecule has 0 amide bonds. The lowest BCUT2D eigenvalue weighted by Gasteiger charge is -2.11. The number of rotatable bonds is 4. The first-order valence-electron chi connectivity index (χ1n) is 7.04. The van der Waals surface area contributed by atoms with Crippen LogP contribution >= 0.6 is 0 Å². The van der Waals surface area contributed by atoms with Crippen LogP contribution in [0.3, 0.4) is 0 Å². The Kier molecular flexibility index (Phi) is 3.41. The van der Waals surface area contributed by atoms with Gasteiger partial charge in [0, 0.05) is 24.5 Å². The van der Waals surface area contributed by atoms with Crippen LogP contribution < -0.4 is 10.6 Å². The Bertz CT molecular complexity index is 558. The van der Waals surface area contributed by atoms with Gasteiger partial charge in [0.15, 0.2) is 0 Å². The highest BCUT2D eigenvalue weighted by Gasteiger charge is 2.12. The van der Waals surface area contributed by atoms with Crippen molar-refractivity contribution in [2.45, 2.75) is 26.3 Å². The number of hydrogen-bond acceptors (Lipinski definition) is 2. The second kappa shape index (κ2) is 5.35. The average molecular weight is 252 g/mol. The second-order valence-corrected chi connectivity index (χ2v) is 5.03. The summed E-state index contributed by atoms with van der Waals surface area (Å²) in [6, 6.07) is 15.3. The summed E-state index contributed by atoms with van der Waals surface area (Å²) in [5, 5.41) is 6.99. The number of benzene rings is 2. The lowest BCUT2D eigenvalue weighted by Crippen LogP contribution is -2.03. The summed E-state index contributed by atoms with van der Waals surface area (Å²) in [7, 11) is 0. The van der Waals surface area contributed by atoms with Crippen LogP contribution in [0.15, 0.2) is 42.5 Å². The van der Waals surface area contributed by atoms with E-state index >= 15 is 0 Å². The monoisotopic (exact) mass is 252 g/mol. The van der Waals surface area contributed by atoms with Gasteiger partial charge in [0.25, 0.3) is 0 Å².